The summed E-state index contributed by atoms with van der Waals surface area (Å²) < 4.78 is 53.5. The van der Waals surface area contributed by atoms with Gasteiger partial charge in [0.15, 0.2) is 5.69 Å². The van der Waals surface area contributed by atoms with Crippen LogP contribution >= 0.6 is 0 Å². The number of carbonyl (C=O) groups excluding carboxylic acids is 4. The second kappa shape index (κ2) is 14.7. The molecule has 0 spiro atoms. The van der Waals surface area contributed by atoms with E-state index in [0.29, 0.717) is 54.6 Å². The summed E-state index contributed by atoms with van der Waals surface area (Å²) in [6, 6.07) is 1.83. The Kier molecular flexibility index (Phi) is 10.2. The van der Waals surface area contributed by atoms with Gasteiger partial charge < -0.3 is 24.8 Å². The van der Waals surface area contributed by atoms with E-state index in [1.165, 1.54) is 23.1 Å². The average Bonchev–Trinajstić information content (AvgIpc) is 4.04. The maximum atomic E-state index is 14.6. The van der Waals surface area contributed by atoms with E-state index in [1.807, 2.05) is 19.1 Å². The summed E-state index contributed by atoms with van der Waals surface area (Å²) in [5.74, 6) is -2.99. The molecule has 0 unspecified atom stereocenters. The number of hydrogen-bond acceptors (Lipinski definition) is 11. The second-order valence-corrected chi connectivity index (χ2v) is 16.7. The number of hydrogen-bond donors (Lipinski definition) is 3. The highest BCUT2D eigenvalue weighted by molar-refractivity contribution is 7.91. The zero-order valence-electron chi connectivity index (χ0n) is 30.4. The van der Waals surface area contributed by atoms with Gasteiger partial charge in [-0.25, -0.2) is 22.8 Å². The molecule has 4 aliphatic rings. The summed E-state index contributed by atoms with van der Waals surface area (Å²) in [6.45, 7) is 5.14. The number of benzene rings is 1. The van der Waals surface area contributed by atoms with Gasteiger partial charge in [0.25, 0.3) is 11.8 Å². The van der Waals surface area contributed by atoms with Crippen LogP contribution in [0.15, 0.2) is 34.9 Å². The summed E-state index contributed by atoms with van der Waals surface area (Å²) in [4.78, 5) is 66.6. The monoisotopic (exact) mass is 765 g/mol. The fourth-order valence-corrected chi connectivity index (χ4v) is 8.60. The minimum atomic E-state index is -3.92. The molecule has 1 saturated heterocycles. The van der Waals surface area contributed by atoms with Gasteiger partial charge in [0.05, 0.1) is 22.8 Å². The number of nitrogens with zero attached hydrogens (tertiary/aromatic N) is 4. The van der Waals surface area contributed by atoms with Gasteiger partial charge in [-0.3, -0.25) is 23.9 Å². The van der Waals surface area contributed by atoms with Crippen LogP contribution < -0.4 is 20.1 Å². The zero-order chi connectivity index (χ0) is 38.4. The predicted molar refractivity (Wildman–Crippen MR) is 192 cm³/mol. The number of rotatable bonds is 8. The first-order valence-corrected chi connectivity index (χ1v) is 20.1. The Labute approximate surface area is 311 Å². The van der Waals surface area contributed by atoms with Crippen LogP contribution in [0.2, 0.25) is 0 Å². The van der Waals surface area contributed by atoms with Crippen LogP contribution in [0.3, 0.4) is 0 Å². The summed E-state index contributed by atoms with van der Waals surface area (Å²) in [5.41, 5.74) is 0.286. The molecule has 17 heteroatoms. The van der Waals surface area contributed by atoms with Gasteiger partial charge in [0, 0.05) is 24.0 Å². The lowest BCUT2D eigenvalue weighted by atomic mass is 10.0. The van der Waals surface area contributed by atoms with Crippen LogP contribution in [0.4, 0.5) is 4.39 Å². The van der Waals surface area contributed by atoms with Gasteiger partial charge in [0.1, 0.15) is 41.0 Å². The Balaban J connectivity index is 1.21. The molecule has 1 aromatic carbocycles. The number of ether oxygens (including phenoxy) is 1. The number of allylic oxidation sites excluding steroid dienone is 1. The Hall–Kier alpha value is -4.93. The van der Waals surface area contributed by atoms with E-state index < -0.39 is 74.4 Å². The van der Waals surface area contributed by atoms with Gasteiger partial charge in [-0.2, -0.15) is 0 Å². The van der Waals surface area contributed by atoms with Crippen molar-refractivity contribution in [3.63, 3.8) is 0 Å². The third kappa shape index (κ3) is 7.54. The van der Waals surface area contributed by atoms with Crippen LogP contribution in [0.5, 0.6) is 5.88 Å². The predicted octanol–water partition coefficient (Wildman–Crippen LogP) is 3.09. The van der Waals surface area contributed by atoms with Crippen molar-refractivity contribution in [2.24, 2.45) is 5.92 Å². The molecule has 2 aliphatic carbocycles. The number of amides is 4. The molecule has 15 nitrogen and oxygen atoms in total. The van der Waals surface area contributed by atoms with Crippen LogP contribution in [-0.2, 0) is 30.8 Å². The fraction of sp³-hybridized carbons (Fsp3) is 0.541. The van der Waals surface area contributed by atoms with Crippen molar-refractivity contribution in [2.45, 2.75) is 114 Å². The van der Waals surface area contributed by atoms with Crippen LogP contribution in [0.25, 0.3) is 11.0 Å². The summed E-state index contributed by atoms with van der Waals surface area (Å²) in [6.07, 6.45) is 7.50. The quantitative estimate of drug-likeness (QED) is 0.285. The second-order valence-electron chi connectivity index (χ2n) is 14.7. The summed E-state index contributed by atoms with van der Waals surface area (Å²) in [7, 11) is -3.92. The van der Waals surface area contributed by atoms with Crippen LogP contribution in [0, 0.1) is 25.6 Å². The molecule has 7 rings (SSSR count). The number of halogens is 1. The first kappa shape index (κ1) is 37.4. The molecule has 4 heterocycles. The minimum Gasteiger partial charge on any atom is -0.471 e. The standard InChI is InChI=1S/C37H44FN7O8S/c1-4-26-34(41-29-16-23(38)12-15-27(29)39-26)52-24-17-30-32(46)42-37(36(49)44-54(50,51)25-13-14-25)18-22(37)10-8-6-5-7-9-11-28(35(48)45(30)19-24)40-33(47)31-20(2)21(3)53-43-31/h8,10,12,15-16,22,24-25,28,30H,4-7,9,11,13-14,17-19H2,1-3H3,(H,40,47)(H,42,46)(H,44,49)/b10-8-/t22-,24-,28+,30+,37-/m1/s1. The van der Waals surface area contributed by atoms with Crippen molar-refractivity contribution in [3.05, 3.63) is 58.9 Å². The first-order chi connectivity index (χ1) is 25.8. The molecule has 3 N–H and O–H groups in total. The van der Waals surface area contributed by atoms with Gasteiger partial charge in [0.2, 0.25) is 27.7 Å². The van der Waals surface area contributed by atoms with Gasteiger partial charge in [-0.1, -0.05) is 37.1 Å². The normalized spacial score (nSPS) is 26.9. The molecule has 3 fully saturated rings. The lowest BCUT2D eigenvalue weighted by Crippen LogP contribution is -2.58. The van der Waals surface area contributed by atoms with Gasteiger partial charge in [-0.05, 0) is 70.9 Å². The minimum absolute atomic E-state index is 0.0234. The largest absolute Gasteiger partial charge is 0.471 e. The van der Waals surface area contributed by atoms with E-state index in [-0.39, 0.29) is 42.9 Å². The smallest absolute Gasteiger partial charge is 0.274 e. The molecule has 4 amide bonds. The Bertz CT molecular complexity index is 2140. The molecule has 3 aromatic rings. The number of aryl methyl sites for hydroxylation is 2. The van der Waals surface area contributed by atoms with E-state index in [9.17, 15) is 32.0 Å². The third-order valence-electron chi connectivity index (χ3n) is 10.8. The zero-order valence-corrected chi connectivity index (χ0v) is 31.2. The number of sulfonamides is 1. The van der Waals surface area contributed by atoms with E-state index >= 15 is 0 Å². The van der Waals surface area contributed by atoms with E-state index in [4.69, 9.17) is 9.26 Å². The van der Waals surface area contributed by atoms with Crippen molar-refractivity contribution in [1.29, 1.82) is 0 Å². The summed E-state index contributed by atoms with van der Waals surface area (Å²) in [5, 5.41) is 8.90. The SMILES string of the molecule is CCc1nc2ccc(F)cc2nc1O[C@@H]1C[C@H]2C(=O)N[C@]3(C(=O)NS(=O)(=O)C4CC4)C[C@H]3/C=C\CCCCC[C@H](NC(=O)c3noc(C)c3C)C(=O)N2C1. The molecular weight excluding hydrogens is 722 g/mol. The molecule has 2 aromatic heterocycles. The van der Waals surface area contributed by atoms with Crippen molar-refractivity contribution in [3.8, 4) is 5.88 Å². The maximum absolute atomic E-state index is 14.6. The number of carbonyl (C=O) groups is 4. The van der Waals surface area contributed by atoms with Crippen LogP contribution in [0.1, 0.15) is 92.2 Å². The van der Waals surface area contributed by atoms with Crippen molar-refractivity contribution >= 4 is 44.7 Å². The van der Waals surface area contributed by atoms with Gasteiger partial charge in [-0.15, -0.1) is 0 Å². The van der Waals surface area contributed by atoms with Crippen molar-refractivity contribution in [1.82, 2.24) is 35.4 Å². The number of aromatic nitrogens is 3. The highest BCUT2D eigenvalue weighted by Gasteiger charge is 2.62. The van der Waals surface area contributed by atoms with E-state index in [2.05, 4.69) is 30.5 Å². The molecule has 2 saturated carbocycles. The highest BCUT2D eigenvalue weighted by atomic mass is 32.2. The Morgan fingerprint density at radius 2 is 1.91 bits per heavy atom. The van der Waals surface area contributed by atoms with Gasteiger partial charge >= 0.3 is 0 Å². The number of fused-ring (bicyclic) bond motifs is 3. The molecule has 5 atom stereocenters. The maximum Gasteiger partial charge on any atom is 0.274 e. The topological polar surface area (TPSA) is 203 Å². The summed E-state index contributed by atoms with van der Waals surface area (Å²) >= 11 is 0. The van der Waals surface area contributed by atoms with E-state index in [1.54, 1.807) is 13.8 Å². The third-order valence-corrected chi connectivity index (χ3v) is 12.6. The highest BCUT2D eigenvalue weighted by Crippen LogP contribution is 2.46. The Morgan fingerprint density at radius 1 is 1.11 bits per heavy atom. The lowest BCUT2D eigenvalue weighted by Gasteiger charge is -2.29. The van der Waals surface area contributed by atoms with Crippen molar-refractivity contribution < 1.29 is 41.2 Å². The molecule has 0 radical (unpaired) electrons. The number of nitrogens with one attached hydrogen (secondary N) is 3. The molecule has 54 heavy (non-hydrogen) atoms. The molecular formula is C37H44FN7O8S. The average molecular weight is 766 g/mol. The van der Waals surface area contributed by atoms with Crippen LogP contribution in [-0.4, -0.2) is 87.6 Å². The molecule has 2 aliphatic heterocycles. The molecule has 288 valence electrons. The first-order valence-electron chi connectivity index (χ1n) is 18.5. The fourth-order valence-electron chi connectivity index (χ4n) is 7.23. The lowest BCUT2D eigenvalue weighted by molar-refractivity contribution is -0.141. The molecule has 0 bridgehead atoms. The van der Waals surface area contributed by atoms with E-state index in [0.717, 1.165) is 12.8 Å². The van der Waals surface area contributed by atoms with Crippen molar-refractivity contribution in [2.75, 3.05) is 6.54 Å². The Morgan fingerprint density at radius 3 is 2.63 bits per heavy atom.